The summed E-state index contributed by atoms with van der Waals surface area (Å²) >= 11 is 6.17. The maximum atomic E-state index is 9.19. The zero-order chi connectivity index (χ0) is 12.8. The van der Waals surface area contributed by atoms with E-state index in [1.54, 1.807) is 13.2 Å². The molecule has 0 saturated heterocycles. The molecular formula is C13H20ClNO2. The van der Waals surface area contributed by atoms with Crippen LogP contribution < -0.4 is 10.5 Å². The van der Waals surface area contributed by atoms with Crippen LogP contribution in [0, 0.1) is 11.8 Å². The van der Waals surface area contributed by atoms with Crippen molar-refractivity contribution in [3.63, 3.8) is 0 Å². The van der Waals surface area contributed by atoms with Gasteiger partial charge in [-0.1, -0.05) is 24.6 Å². The quantitative estimate of drug-likeness (QED) is 0.821. The fourth-order valence-electron chi connectivity index (χ4n) is 1.82. The number of aliphatic hydroxyl groups excluding tert-OH is 1. The first-order chi connectivity index (χ1) is 8.12. The molecule has 3 nitrogen and oxygen atoms in total. The second-order valence-electron chi connectivity index (χ2n) is 4.32. The number of nitrogens with two attached hydrogens (primary N) is 1. The van der Waals surface area contributed by atoms with Crippen molar-refractivity contribution >= 4 is 11.6 Å². The predicted octanol–water partition coefficient (Wildman–Crippen LogP) is 2.09. The Labute approximate surface area is 108 Å². The highest BCUT2D eigenvalue weighted by Crippen LogP contribution is 2.26. The summed E-state index contributed by atoms with van der Waals surface area (Å²) in [6.07, 6.45) is 0.811. The molecule has 2 atom stereocenters. The van der Waals surface area contributed by atoms with E-state index in [0.29, 0.717) is 17.5 Å². The number of benzene rings is 1. The van der Waals surface area contributed by atoms with Gasteiger partial charge < -0.3 is 15.6 Å². The van der Waals surface area contributed by atoms with Gasteiger partial charge in [0.1, 0.15) is 5.75 Å². The molecule has 0 spiro atoms. The maximum absolute atomic E-state index is 9.19. The minimum Gasteiger partial charge on any atom is -0.497 e. The third kappa shape index (κ3) is 3.87. The van der Waals surface area contributed by atoms with Gasteiger partial charge in [-0.25, -0.2) is 0 Å². The van der Waals surface area contributed by atoms with Gasteiger partial charge in [-0.2, -0.15) is 0 Å². The fourth-order valence-corrected chi connectivity index (χ4v) is 2.07. The largest absolute Gasteiger partial charge is 0.497 e. The van der Waals surface area contributed by atoms with Crippen molar-refractivity contribution in [2.75, 3.05) is 20.3 Å². The van der Waals surface area contributed by atoms with E-state index in [1.807, 2.05) is 12.1 Å². The second-order valence-corrected chi connectivity index (χ2v) is 4.72. The molecule has 0 heterocycles. The van der Waals surface area contributed by atoms with E-state index in [-0.39, 0.29) is 12.5 Å². The van der Waals surface area contributed by atoms with Crippen molar-refractivity contribution in [2.24, 2.45) is 17.6 Å². The highest BCUT2D eigenvalue weighted by atomic mass is 35.5. The van der Waals surface area contributed by atoms with Gasteiger partial charge in [0, 0.05) is 11.6 Å². The van der Waals surface area contributed by atoms with Crippen LogP contribution in [0.1, 0.15) is 12.5 Å². The van der Waals surface area contributed by atoms with Crippen LogP contribution in [-0.4, -0.2) is 25.4 Å². The molecule has 3 N–H and O–H groups in total. The maximum Gasteiger partial charge on any atom is 0.120 e. The zero-order valence-corrected chi connectivity index (χ0v) is 11.1. The molecule has 0 radical (unpaired) electrons. The van der Waals surface area contributed by atoms with E-state index in [4.69, 9.17) is 22.1 Å². The number of hydrogen-bond donors (Lipinski definition) is 2. The van der Waals surface area contributed by atoms with Gasteiger partial charge in [-0.15, -0.1) is 0 Å². The SMILES string of the molecule is COc1ccc(CC(C)C(CN)CO)c(Cl)c1. The van der Waals surface area contributed by atoms with E-state index < -0.39 is 0 Å². The van der Waals surface area contributed by atoms with Crippen LogP contribution >= 0.6 is 11.6 Å². The molecule has 4 heteroatoms. The standard InChI is InChI=1S/C13H20ClNO2/c1-9(11(7-15)8-16)5-10-3-4-12(17-2)6-13(10)14/h3-4,6,9,11,16H,5,7-8,15H2,1-2H3. The van der Waals surface area contributed by atoms with Crippen molar-refractivity contribution in [1.82, 2.24) is 0 Å². The molecule has 2 unspecified atom stereocenters. The van der Waals surface area contributed by atoms with Gasteiger partial charge >= 0.3 is 0 Å². The van der Waals surface area contributed by atoms with Crippen molar-refractivity contribution in [3.8, 4) is 5.75 Å². The van der Waals surface area contributed by atoms with Gasteiger partial charge in [0.25, 0.3) is 0 Å². The molecule has 0 aromatic heterocycles. The summed E-state index contributed by atoms with van der Waals surface area (Å²) < 4.78 is 5.10. The Hall–Kier alpha value is -0.770. The van der Waals surface area contributed by atoms with E-state index in [9.17, 15) is 5.11 Å². The summed E-state index contributed by atoms with van der Waals surface area (Å²) in [5, 5.41) is 9.89. The molecule has 1 rings (SSSR count). The summed E-state index contributed by atoms with van der Waals surface area (Å²) in [4.78, 5) is 0. The molecular weight excluding hydrogens is 238 g/mol. The van der Waals surface area contributed by atoms with Crippen LogP contribution in [0.5, 0.6) is 5.75 Å². The lowest BCUT2D eigenvalue weighted by atomic mass is 9.89. The van der Waals surface area contributed by atoms with Crippen molar-refractivity contribution in [2.45, 2.75) is 13.3 Å². The van der Waals surface area contributed by atoms with Crippen LogP contribution in [0.25, 0.3) is 0 Å². The van der Waals surface area contributed by atoms with Crippen LogP contribution in [0.3, 0.4) is 0 Å². The zero-order valence-electron chi connectivity index (χ0n) is 10.3. The van der Waals surface area contributed by atoms with Crippen molar-refractivity contribution in [1.29, 1.82) is 0 Å². The Morgan fingerprint density at radius 1 is 1.47 bits per heavy atom. The van der Waals surface area contributed by atoms with Crippen LogP contribution in [0.2, 0.25) is 5.02 Å². The first-order valence-corrected chi connectivity index (χ1v) is 6.13. The average Bonchev–Trinajstić information content (AvgIpc) is 2.33. The average molecular weight is 258 g/mol. The Morgan fingerprint density at radius 3 is 2.65 bits per heavy atom. The number of halogens is 1. The molecule has 0 fully saturated rings. The Balaban J connectivity index is 2.74. The number of hydrogen-bond acceptors (Lipinski definition) is 3. The third-order valence-corrected chi connectivity index (χ3v) is 3.50. The monoisotopic (exact) mass is 257 g/mol. The highest BCUT2D eigenvalue weighted by molar-refractivity contribution is 6.31. The van der Waals surface area contributed by atoms with Gasteiger partial charge in [0.15, 0.2) is 0 Å². The van der Waals surface area contributed by atoms with E-state index in [1.165, 1.54) is 0 Å². The smallest absolute Gasteiger partial charge is 0.120 e. The fraction of sp³-hybridized carbons (Fsp3) is 0.538. The van der Waals surface area contributed by atoms with Gasteiger partial charge in [0.2, 0.25) is 0 Å². The molecule has 0 aliphatic rings. The van der Waals surface area contributed by atoms with E-state index >= 15 is 0 Å². The normalized spacial score (nSPS) is 14.4. The number of methoxy groups -OCH3 is 1. The lowest BCUT2D eigenvalue weighted by Crippen LogP contribution is -2.26. The van der Waals surface area contributed by atoms with Crippen LogP contribution in [-0.2, 0) is 6.42 Å². The lowest BCUT2D eigenvalue weighted by Gasteiger charge is -2.20. The molecule has 96 valence electrons. The highest BCUT2D eigenvalue weighted by Gasteiger charge is 2.16. The molecule has 0 aliphatic carbocycles. The van der Waals surface area contributed by atoms with Gasteiger partial charge in [-0.05, 0) is 42.5 Å². The minimum atomic E-state index is 0.117. The van der Waals surface area contributed by atoms with E-state index in [0.717, 1.165) is 17.7 Å². The van der Waals surface area contributed by atoms with Crippen molar-refractivity contribution < 1.29 is 9.84 Å². The van der Waals surface area contributed by atoms with Crippen molar-refractivity contribution in [3.05, 3.63) is 28.8 Å². The third-order valence-electron chi connectivity index (χ3n) is 3.14. The molecule has 1 aromatic rings. The minimum absolute atomic E-state index is 0.117. The second kappa shape index (κ2) is 6.84. The Morgan fingerprint density at radius 2 is 2.18 bits per heavy atom. The first kappa shape index (κ1) is 14.3. The molecule has 0 saturated carbocycles. The summed E-state index contributed by atoms with van der Waals surface area (Å²) in [6.45, 7) is 2.69. The summed E-state index contributed by atoms with van der Waals surface area (Å²) in [6, 6.07) is 5.66. The first-order valence-electron chi connectivity index (χ1n) is 5.75. The van der Waals surface area contributed by atoms with Crippen LogP contribution in [0.4, 0.5) is 0 Å². The molecule has 0 aliphatic heterocycles. The summed E-state index contributed by atoms with van der Waals surface area (Å²) in [7, 11) is 1.62. The predicted molar refractivity (Wildman–Crippen MR) is 70.5 cm³/mol. The number of rotatable bonds is 6. The molecule has 0 amide bonds. The topological polar surface area (TPSA) is 55.5 Å². The Bertz CT molecular complexity index is 353. The summed E-state index contributed by atoms with van der Waals surface area (Å²) in [5.41, 5.74) is 6.67. The van der Waals surface area contributed by atoms with E-state index in [2.05, 4.69) is 6.92 Å². The van der Waals surface area contributed by atoms with Crippen LogP contribution in [0.15, 0.2) is 18.2 Å². The number of ether oxygens (including phenoxy) is 1. The molecule has 17 heavy (non-hydrogen) atoms. The Kier molecular flexibility index (Phi) is 5.75. The van der Waals surface area contributed by atoms with Gasteiger partial charge in [-0.3, -0.25) is 0 Å². The molecule has 0 bridgehead atoms. The number of aliphatic hydroxyl groups is 1. The summed E-state index contributed by atoms with van der Waals surface area (Å²) in [5.74, 6) is 1.17. The molecule has 1 aromatic carbocycles. The van der Waals surface area contributed by atoms with Gasteiger partial charge in [0.05, 0.1) is 7.11 Å². The lowest BCUT2D eigenvalue weighted by molar-refractivity contribution is 0.187.